The number of ether oxygens (including phenoxy) is 2. The number of carbonyl (C=O) groups is 1. The molecule has 0 radical (unpaired) electrons. The summed E-state index contributed by atoms with van der Waals surface area (Å²) in [5, 5.41) is 3.75. The molecule has 31 heavy (non-hydrogen) atoms. The number of unbranched alkanes of at least 4 members (excludes halogenated alkanes) is 8. The first-order valence-corrected chi connectivity index (χ1v) is 12.9. The molecule has 3 heterocycles. The molecule has 0 saturated carbocycles. The van der Waals surface area contributed by atoms with Crippen molar-refractivity contribution in [2.24, 2.45) is 0 Å². The number of rotatable bonds is 12. The summed E-state index contributed by atoms with van der Waals surface area (Å²) in [4.78, 5) is 15.7. The van der Waals surface area contributed by atoms with Crippen LogP contribution in [0.1, 0.15) is 119 Å². The predicted molar refractivity (Wildman–Crippen MR) is 126 cm³/mol. The van der Waals surface area contributed by atoms with Gasteiger partial charge in [-0.15, -0.1) is 0 Å². The molecule has 1 spiro atoms. The van der Waals surface area contributed by atoms with Crippen LogP contribution in [-0.4, -0.2) is 52.5 Å². The van der Waals surface area contributed by atoms with Gasteiger partial charge >= 0.3 is 0 Å². The summed E-state index contributed by atoms with van der Waals surface area (Å²) in [6, 6.07) is 0. The summed E-state index contributed by atoms with van der Waals surface area (Å²) in [5.74, 6) is 0.177. The fourth-order valence-corrected chi connectivity index (χ4v) is 6.26. The second-order valence-corrected chi connectivity index (χ2v) is 12.0. The first kappa shape index (κ1) is 25.0. The van der Waals surface area contributed by atoms with Gasteiger partial charge < -0.3 is 19.7 Å². The van der Waals surface area contributed by atoms with Crippen molar-refractivity contribution in [3.8, 4) is 0 Å². The van der Waals surface area contributed by atoms with E-state index in [1.165, 1.54) is 51.4 Å². The number of carbonyl (C=O) groups excluding carboxylic acids is 1. The Morgan fingerprint density at radius 3 is 1.94 bits per heavy atom. The van der Waals surface area contributed by atoms with Gasteiger partial charge in [0.1, 0.15) is 11.3 Å². The van der Waals surface area contributed by atoms with E-state index >= 15 is 0 Å². The number of hydrogen-bond acceptors (Lipinski definition) is 4. The lowest BCUT2D eigenvalue weighted by molar-refractivity contribution is -0.183. The monoisotopic (exact) mass is 436 g/mol. The average Bonchev–Trinajstić information content (AvgIpc) is 3.42. The van der Waals surface area contributed by atoms with Crippen molar-refractivity contribution >= 4 is 5.91 Å². The van der Waals surface area contributed by atoms with E-state index in [9.17, 15) is 4.79 Å². The molecule has 5 nitrogen and oxygen atoms in total. The number of piperidine rings is 1. The van der Waals surface area contributed by atoms with Crippen molar-refractivity contribution in [3.05, 3.63) is 0 Å². The van der Waals surface area contributed by atoms with Crippen molar-refractivity contribution in [2.45, 2.75) is 147 Å². The van der Waals surface area contributed by atoms with E-state index in [2.05, 4.69) is 44.8 Å². The van der Waals surface area contributed by atoms with Gasteiger partial charge in [0.2, 0.25) is 0 Å². The quantitative estimate of drug-likeness (QED) is 0.321. The molecule has 0 aromatic carbocycles. The molecule has 0 aromatic rings. The summed E-state index contributed by atoms with van der Waals surface area (Å²) in [7, 11) is 0. The highest BCUT2D eigenvalue weighted by Gasteiger charge is 2.63. The van der Waals surface area contributed by atoms with Crippen LogP contribution in [0, 0.1) is 0 Å². The first-order valence-electron chi connectivity index (χ1n) is 12.9. The number of epoxide rings is 1. The Bertz CT molecular complexity index is 598. The molecule has 0 aliphatic carbocycles. The van der Waals surface area contributed by atoms with Gasteiger partial charge in [-0.3, -0.25) is 4.79 Å². The zero-order valence-corrected chi connectivity index (χ0v) is 21.1. The van der Waals surface area contributed by atoms with Crippen molar-refractivity contribution in [1.29, 1.82) is 0 Å². The van der Waals surface area contributed by atoms with E-state index in [4.69, 9.17) is 9.47 Å². The molecule has 0 bridgehead atoms. The van der Waals surface area contributed by atoms with Crippen molar-refractivity contribution in [2.75, 3.05) is 13.2 Å². The third-order valence-electron chi connectivity index (χ3n) is 7.26. The van der Waals surface area contributed by atoms with Crippen LogP contribution < -0.4 is 5.32 Å². The van der Waals surface area contributed by atoms with Gasteiger partial charge in [0.15, 0.2) is 0 Å². The van der Waals surface area contributed by atoms with Crippen LogP contribution in [0.25, 0.3) is 0 Å². The molecule has 2 atom stereocenters. The predicted octanol–water partition coefficient (Wildman–Crippen LogP) is 5.56. The Morgan fingerprint density at radius 1 is 0.903 bits per heavy atom. The Labute approximate surface area is 191 Å². The van der Waals surface area contributed by atoms with E-state index in [1.54, 1.807) is 0 Å². The van der Waals surface area contributed by atoms with Gasteiger partial charge in [0, 0.05) is 23.9 Å². The normalized spacial score (nSPS) is 30.8. The van der Waals surface area contributed by atoms with Crippen LogP contribution in [0.2, 0.25) is 0 Å². The maximum absolute atomic E-state index is 13.7. The lowest BCUT2D eigenvalue weighted by Gasteiger charge is -2.53. The fourth-order valence-electron chi connectivity index (χ4n) is 6.26. The second-order valence-electron chi connectivity index (χ2n) is 12.0. The third kappa shape index (κ3) is 6.45. The topological polar surface area (TPSA) is 54.1 Å². The SMILES string of the molecule is CCCCCCCCCCCC1(C)OC2(CC(C)(C)NC(C)(C)C2)N(CC2CO2)C1=O. The van der Waals surface area contributed by atoms with Gasteiger partial charge in [-0.1, -0.05) is 64.7 Å². The maximum atomic E-state index is 13.7. The van der Waals surface area contributed by atoms with Gasteiger partial charge in [-0.25, -0.2) is 0 Å². The summed E-state index contributed by atoms with van der Waals surface area (Å²) >= 11 is 0. The molecule has 2 unspecified atom stereocenters. The molecule has 180 valence electrons. The zero-order chi connectivity index (χ0) is 22.8. The Hall–Kier alpha value is -0.650. The van der Waals surface area contributed by atoms with Crippen LogP contribution in [-0.2, 0) is 14.3 Å². The average molecular weight is 437 g/mol. The highest BCUT2D eigenvalue weighted by atomic mass is 16.6. The lowest BCUT2D eigenvalue weighted by Crippen LogP contribution is -2.67. The molecule has 1 N–H and O–H groups in total. The van der Waals surface area contributed by atoms with E-state index in [0.29, 0.717) is 6.54 Å². The van der Waals surface area contributed by atoms with E-state index in [-0.39, 0.29) is 23.1 Å². The summed E-state index contributed by atoms with van der Waals surface area (Å²) in [5.41, 5.74) is -1.42. The molecule has 1 amide bonds. The molecule has 3 saturated heterocycles. The molecule has 5 heteroatoms. The standard InChI is InChI=1S/C26H48N2O3/c1-7-8-9-10-11-12-13-14-15-16-25(6)22(29)28(17-21-18-30-21)26(31-25)19-23(2,3)27-24(4,5)20-26/h21,27H,7-20H2,1-6H3. The van der Waals surface area contributed by atoms with Gasteiger partial charge in [-0.05, 0) is 41.0 Å². The number of hydrogen-bond donors (Lipinski definition) is 1. The zero-order valence-electron chi connectivity index (χ0n) is 21.1. The summed E-state index contributed by atoms with van der Waals surface area (Å²) < 4.78 is 12.4. The van der Waals surface area contributed by atoms with Crippen LogP contribution in [0.4, 0.5) is 0 Å². The Morgan fingerprint density at radius 2 is 1.42 bits per heavy atom. The number of nitrogens with zero attached hydrogens (tertiary/aromatic N) is 1. The number of nitrogens with one attached hydrogen (secondary N) is 1. The largest absolute Gasteiger partial charge is 0.371 e. The Kier molecular flexibility index (Phi) is 7.81. The first-order chi connectivity index (χ1) is 14.5. The van der Waals surface area contributed by atoms with Gasteiger partial charge in [-0.2, -0.15) is 0 Å². The summed E-state index contributed by atoms with van der Waals surface area (Å²) in [6.07, 6.45) is 14.2. The third-order valence-corrected chi connectivity index (χ3v) is 7.26. The van der Waals surface area contributed by atoms with Crippen LogP contribution in [0.5, 0.6) is 0 Å². The minimum Gasteiger partial charge on any atom is -0.371 e. The Balaban J connectivity index is 1.59. The highest BCUT2D eigenvalue weighted by Crippen LogP contribution is 2.49. The molecule has 3 aliphatic rings. The van der Waals surface area contributed by atoms with E-state index in [0.717, 1.165) is 32.3 Å². The molecule has 3 aliphatic heterocycles. The molecule has 3 fully saturated rings. The van der Waals surface area contributed by atoms with Gasteiger partial charge in [0.05, 0.1) is 19.3 Å². The van der Waals surface area contributed by atoms with Crippen LogP contribution in [0.15, 0.2) is 0 Å². The fraction of sp³-hybridized carbons (Fsp3) is 0.962. The van der Waals surface area contributed by atoms with Crippen molar-refractivity contribution in [3.63, 3.8) is 0 Å². The van der Waals surface area contributed by atoms with Crippen molar-refractivity contribution in [1.82, 2.24) is 10.2 Å². The second kappa shape index (κ2) is 9.69. The van der Waals surface area contributed by atoms with Crippen molar-refractivity contribution < 1.29 is 14.3 Å². The van der Waals surface area contributed by atoms with Crippen LogP contribution in [0.3, 0.4) is 0 Å². The van der Waals surface area contributed by atoms with Gasteiger partial charge in [0.25, 0.3) is 5.91 Å². The minimum absolute atomic E-state index is 0.0896. The number of amides is 1. The van der Waals surface area contributed by atoms with Crippen LogP contribution >= 0.6 is 0 Å². The lowest BCUT2D eigenvalue weighted by atomic mass is 9.76. The smallest absolute Gasteiger partial charge is 0.256 e. The van der Waals surface area contributed by atoms with E-state index < -0.39 is 11.3 Å². The maximum Gasteiger partial charge on any atom is 0.256 e. The molecule has 0 aromatic heterocycles. The molecule has 3 rings (SSSR count). The summed E-state index contributed by atoms with van der Waals surface area (Å²) in [6.45, 7) is 14.6. The molecular formula is C26H48N2O3. The highest BCUT2D eigenvalue weighted by molar-refractivity contribution is 5.87. The molecular weight excluding hydrogens is 388 g/mol. The minimum atomic E-state index is -0.709. The van der Waals surface area contributed by atoms with E-state index in [1.807, 2.05) is 6.92 Å².